The summed E-state index contributed by atoms with van der Waals surface area (Å²) < 4.78 is 0. The first-order valence-corrected chi connectivity index (χ1v) is 7.15. The molecule has 18 heavy (non-hydrogen) atoms. The van der Waals surface area contributed by atoms with Gasteiger partial charge in [-0.3, -0.25) is 9.69 Å². The number of aliphatic carboxylic acids is 1. The van der Waals surface area contributed by atoms with E-state index in [-0.39, 0.29) is 0 Å². The van der Waals surface area contributed by atoms with E-state index in [1.165, 1.54) is 0 Å². The second-order valence-corrected chi connectivity index (χ2v) is 5.87. The van der Waals surface area contributed by atoms with Crippen molar-refractivity contribution < 1.29 is 9.90 Å². The molecule has 1 atom stereocenters. The van der Waals surface area contributed by atoms with E-state index < -0.39 is 11.5 Å². The number of carbonyl (C=O) groups is 1. The Morgan fingerprint density at radius 2 is 1.94 bits per heavy atom. The van der Waals surface area contributed by atoms with Crippen molar-refractivity contribution in [2.45, 2.75) is 24.8 Å². The van der Waals surface area contributed by atoms with Crippen molar-refractivity contribution in [1.29, 1.82) is 0 Å². The molecule has 4 rings (SSSR count). The van der Waals surface area contributed by atoms with Crippen LogP contribution in [0.1, 0.15) is 19.3 Å². The van der Waals surface area contributed by atoms with Gasteiger partial charge in [0.2, 0.25) is 0 Å². The number of carboxylic acids is 1. The van der Waals surface area contributed by atoms with Crippen LogP contribution in [0.4, 0.5) is 0 Å². The Morgan fingerprint density at radius 3 is 2.56 bits per heavy atom. The number of hydrogen-bond acceptors (Lipinski definition) is 4. The van der Waals surface area contributed by atoms with Crippen molar-refractivity contribution >= 4 is 5.97 Å². The van der Waals surface area contributed by atoms with E-state index in [1.54, 1.807) is 0 Å². The molecule has 102 valence electrons. The fourth-order valence-corrected chi connectivity index (χ4v) is 4.02. The topological polar surface area (TPSA) is 55.8 Å². The molecule has 0 amide bonds. The molecule has 0 aromatic rings. The predicted molar refractivity (Wildman–Crippen MR) is 68.6 cm³/mol. The Hall–Kier alpha value is -0.650. The first kappa shape index (κ1) is 12.4. The van der Waals surface area contributed by atoms with Gasteiger partial charge >= 0.3 is 5.97 Å². The quantitative estimate of drug-likeness (QED) is 0.716. The molecular formula is C13H23N3O2. The Kier molecular flexibility index (Phi) is 3.30. The molecule has 5 heteroatoms. The number of hydrogen-bond donors (Lipinski definition) is 2. The van der Waals surface area contributed by atoms with Gasteiger partial charge in [0, 0.05) is 26.2 Å². The number of nitrogens with zero attached hydrogens (tertiary/aromatic N) is 2. The van der Waals surface area contributed by atoms with Gasteiger partial charge in [-0.2, -0.15) is 0 Å². The highest BCUT2D eigenvalue weighted by atomic mass is 16.4. The fraction of sp³-hybridized carbons (Fsp3) is 0.923. The first-order chi connectivity index (χ1) is 8.73. The molecule has 4 aliphatic rings. The molecule has 0 saturated carbocycles. The van der Waals surface area contributed by atoms with Gasteiger partial charge in [-0.15, -0.1) is 0 Å². The van der Waals surface area contributed by atoms with Gasteiger partial charge in [0.05, 0.1) is 0 Å². The predicted octanol–water partition coefficient (Wildman–Crippen LogP) is -0.169. The van der Waals surface area contributed by atoms with E-state index in [0.29, 0.717) is 5.92 Å². The second-order valence-electron chi connectivity index (χ2n) is 5.87. The van der Waals surface area contributed by atoms with Crippen LogP contribution in [-0.4, -0.2) is 72.2 Å². The van der Waals surface area contributed by atoms with Crippen LogP contribution < -0.4 is 5.32 Å². The molecule has 2 N–H and O–H groups in total. The van der Waals surface area contributed by atoms with Crippen LogP contribution in [0.15, 0.2) is 0 Å². The van der Waals surface area contributed by atoms with E-state index in [0.717, 1.165) is 65.1 Å². The first-order valence-electron chi connectivity index (χ1n) is 7.15. The van der Waals surface area contributed by atoms with E-state index >= 15 is 0 Å². The van der Waals surface area contributed by atoms with Crippen LogP contribution in [0, 0.1) is 5.92 Å². The average Bonchev–Trinajstić information content (AvgIpc) is 2.68. The van der Waals surface area contributed by atoms with Crippen LogP contribution in [0.3, 0.4) is 0 Å². The summed E-state index contributed by atoms with van der Waals surface area (Å²) in [5.41, 5.74) is -0.609. The van der Waals surface area contributed by atoms with Gasteiger partial charge in [-0.05, 0) is 44.8 Å². The Morgan fingerprint density at radius 1 is 1.17 bits per heavy atom. The third-order valence-electron chi connectivity index (χ3n) is 5.00. The molecular weight excluding hydrogens is 230 g/mol. The zero-order valence-electron chi connectivity index (χ0n) is 10.9. The summed E-state index contributed by atoms with van der Waals surface area (Å²) in [5.74, 6) is -0.253. The van der Waals surface area contributed by atoms with E-state index in [1.807, 2.05) is 0 Å². The van der Waals surface area contributed by atoms with Crippen LogP contribution in [0.5, 0.6) is 0 Å². The lowest BCUT2D eigenvalue weighted by molar-refractivity contribution is -0.167. The summed E-state index contributed by atoms with van der Waals surface area (Å²) in [4.78, 5) is 16.6. The number of fused-ring (bicyclic) bond motifs is 3. The SMILES string of the molecule is O=C(O)C1(N2CCCNCC2)CN2CCC1CC2. The molecule has 0 aromatic heterocycles. The van der Waals surface area contributed by atoms with E-state index in [4.69, 9.17) is 0 Å². The molecule has 0 aliphatic carbocycles. The Balaban J connectivity index is 1.88. The zero-order valence-corrected chi connectivity index (χ0v) is 10.9. The number of nitrogens with one attached hydrogen (secondary N) is 1. The molecule has 4 aliphatic heterocycles. The number of piperidine rings is 3. The fourth-order valence-electron chi connectivity index (χ4n) is 4.02. The summed E-state index contributed by atoms with van der Waals surface area (Å²) in [6, 6.07) is 0. The van der Waals surface area contributed by atoms with Crippen molar-refractivity contribution in [3.05, 3.63) is 0 Å². The summed E-state index contributed by atoms with van der Waals surface area (Å²) >= 11 is 0. The number of rotatable bonds is 2. The standard InChI is InChI=1S/C13H23N3O2/c17-12(18)13(16-6-1-4-14-5-9-16)10-15-7-2-11(13)3-8-15/h11,14H,1-10H2,(H,17,18). The summed E-state index contributed by atoms with van der Waals surface area (Å²) in [7, 11) is 0. The lowest BCUT2D eigenvalue weighted by atomic mass is 9.71. The van der Waals surface area contributed by atoms with Crippen molar-refractivity contribution in [3.63, 3.8) is 0 Å². The third kappa shape index (κ3) is 1.85. The zero-order chi connectivity index (χ0) is 12.6. The van der Waals surface area contributed by atoms with Crippen molar-refractivity contribution in [2.75, 3.05) is 45.8 Å². The minimum absolute atomic E-state index is 0.345. The highest BCUT2D eigenvalue weighted by molar-refractivity contribution is 5.80. The normalized spacial score (nSPS) is 41.6. The second kappa shape index (κ2) is 4.79. The molecule has 0 aromatic carbocycles. The summed E-state index contributed by atoms with van der Waals surface area (Å²) in [6.45, 7) is 6.63. The van der Waals surface area contributed by atoms with Crippen molar-refractivity contribution in [2.24, 2.45) is 5.92 Å². The minimum Gasteiger partial charge on any atom is -0.480 e. The van der Waals surface area contributed by atoms with Gasteiger partial charge in [0.15, 0.2) is 0 Å². The number of carboxylic acid groups (broad SMARTS) is 1. The molecule has 4 saturated heterocycles. The van der Waals surface area contributed by atoms with E-state index in [9.17, 15) is 9.90 Å². The van der Waals surface area contributed by atoms with Crippen LogP contribution in [0.2, 0.25) is 0 Å². The van der Waals surface area contributed by atoms with Gasteiger partial charge in [-0.1, -0.05) is 0 Å². The van der Waals surface area contributed by atoms with Gasteiger partial charge in [0.25, 0.3) is 0 Å². The highest BCUT2D eigenvalue weighted by Crippen LogP contribution is 2.40. The molecule has 5 nitrogen and oxygen atoms in total. The molecule has 0 radical (unpaired) electrons. The van der Waals surface area contributed by atoms with Gasteiger partial charge in [-0.25, -0.2) is 0 Å². The molecule has 1 unspecified atom stereocenters. The molecule has 0 spiro atoms. The van der Waals surface area contributed by atoms with Crippen molar-refractivity contribution in [1.82, 2.24) is 15.1 Å². The maximum absolute atomic E-state index is 12.0. The third-order valence-corrected chi connectivity index (χ3v) is 5.00. The van der Waals surface area contributed by atoms with Gasteiger partial charge in [0.1, 0.15) is 5.54 Å². The molecule has 2 bridgehead atoms. The maximum atomic E-state index is 12.0. The average molecular weight is 253 g/mol. The van der Waals surface area contributed by atoms with Crippen LogP contribution in [0.25, 0.3) is 0 Å². The van der Waals surface area contributed by atoms with Crippen molar-refractivity contribution in [3.8, 4) is 0 Å². The highest BCUT2D eigenvalue weighted by Gasteiger charge is 2.55. The van der Waals surface area contributed by atoms with Crippen LogP contribution in [-0.2, 0) is 4.79 Å². The van der Waals surface area contributed by atoms with Crippen LogP contribution >= 0.6 is 0 Å². The lowest BCUT2D eigenvalue weighted by Gasteiger charge is -2.55. The van der Waals surface area contributed by atoms with E-state index in [2.05, 4.69) is 15.1 Å². The Bertz CT molecular complexity index is 320. The largest absolute Gasteiger partial charge is 0.480 e. The minimum atomic E-state index is -0.609. The molecule has 4 fully saturated rings. The summed E-state index contributed by atoms with van der Waals surface area (Å²) in [5, 5.41) is 13.2. The smallest absolute Gasteiger partial charge is 0.325 e. The monoisotopic (exact) mass is 253 g/mol. The van der Waals surface area contributed by atoms with Gasteiger partial charge < -0.3 is 15.3 Å². The summed E-state index contributed by atoms with van der Waals surface area (Å²) in [6.07, 6.45) is 3.16. The Labute approximate surface area is 108 Å². The molecule has 4 heterocycles. The lowest BCUT2D eigenvalue weighted by Crippen LogP contribution is -2.71. The maximum Gasteiger partial charge on any atom is 0.325 e.